The zero-order valence-corrected chi connectivity index (χ0v) is 15.9. The number of hydrogen-bond donors (Lipinski definition) is 2. The maximum absolute atomic E-state index is 13.7. The summed E-state index contributed by atoms with van der Waals surface area (Å²) in [4.78, 5) is 8.81. The van der Waals surface area contributed by atoms with Gasteiger partial charge in [0.25, 0.3) is 0 Å². The lowest BCUT2D eigenvalue weighted by atomic mass is 10.2. The molecule has 0 aromatic carbocycles. The second kappa shape index (κ2) is 7.92. The van der Waals surface area contributed by atoms with Gasteiger partial charge >= 0.3 is 6.18 Å². The van der Waals surface area contributed by atoms with Crippen LogP contribution in [0.1, 0.15) is 17.5 Å². The molecule has 0 spiro atoms. The van der Waals surface area contributed by atoms with Crippen molar-refractivity contribution >= 4 is 17.3 Å². The van der Waals surface area contributed by atoms with Gasteiger partial charge in [-0.05, 0) is 18.2 Å². The van der Waals surface area contributed by atoms with Gasteiger partial charge in [0.05, 0.1) is 47.3 Å². The molecule has 0 bridgehead atoms. The third-order valence-electron chi connectivity index (χ3n) is 4.02. The Kier molecular flexibility index (Phi) is 5.29. The minimum absolute atomic E-state index is 0.0932. The molecule has 14 heteroatoms. The van der Waals surface area contributed by atoms with Crippen molar-refractivity contribution < 1.29 is 22.7 Å². The van der Waals surface area contributed by atoms with Crippen molar-refractivity contribution in [2.24, 2.45) is 0 Å². The van der Waals surface area contributed by atoms with E-state index >= 15 is 0 Å². The average Bonchev–Trinajstić information content (AvgIpc) is 3.38. The van der Waals surface area contributed by atoms with Gasteiger partial charge in [0.2, 0.25) is 0 Å². The van der Waals surface area contributed by atoms with E-state index in [-0.39, 0.29) is 22.3 Å². The summed E-state index contributed by atoms with van der Waals surface area (Å²) in [6.07, 6.45) is -1.04. The molecule has 2 N–H and O–H groups in total. The average molecular weight is 455 g/mol. The minimum Gasteiger partial charge on any atom is -0.369 e. The van der Waals surface area contributed by atoms with Gasteiger partial charge in [-0.1, -0.05) is 11.6 Å². The molecule has 4 aromatic heterocycles. The number of anilines is 1. The third-order valence-corrected chi connectivity index (χ3v) is 4.30. The summed E-state index contributed by atoms with van der Waals surface area (Å²) in [5.41, 5.74) is -1.72. The van der Waals surface area contributed by atoms with Crippen LogP contribution in [0.5, 0.6) is 0 Å². The molecule has 31 heavy (non-hydrogen) atoms. The maximum atomic E-state index is 13.7. The van der Waals surface area contributed by atoms with E-state index < -0.39 is 29.5 Å². The molecule has 0 aliphatic heterocycles. The number of halogens is 5. The van der Waals surface area contributed by atoms with E-state index in [0.717, 1.165) is 29.3 Å². The summed E-state index contributed by atoms with van der Waals surface area (Å²) in [7, 11) is 0. The molecule has 0 aliphatic carbocycles. The number of rotatable bonds is 5. The highest BCUT2D eigenvalue weighted by atomic mass is 35.5. The first kappa shape index (κ1) is 20.7. The molecule has 0 saturated heterocycles. The van der Waals surface area contributed by atoms with E-state index in [1.807, 2.05) is 0 Å². The van der Waals surface area contributed by atoms with Crippen LogP contribution in [0.3, 0.4) is 0 Å². The number of aromatic nitrogens is 7. The van der Waals surface area contributed by atoms with E-state index in [9.17, 15) is 22.7 Å². The Bertz CT molecular complexity index is 1190. The monoisotopic (exact) mass is 454 g/mol. The van der Waals surface area contributed by atoms with Crippen LogP contribution in [-0.4, -0.2) is 39.8 Å². The molecule has 0 fully saturated rings. The van der Waals surface area contributed by atoms with E-state index in [2.05, 4.69) is 30.6 Å². The van der Waals surface area contributed by atoms with Crippen molar-refractivity contribution in [2.45, 2.75) is 12.4 Å². The minimum atomic E-state index is -4.89. The smallest absolute Gasteiger partial charge is 0.369 e. The number of alkyl halides is 3. The normalized spacial score (nSPS) is 12.7. The second-order valence-corrected chi connectivity index (χ2v) is 6.49. The van der Waals surface area contributed by atoms with Gasteiger partial charge in [0, 0.05) is 0 Å². The molecular formula is C17H11ClF4N8O. The molecule has 0 aliphatic rings. The van der Waals surface area contributed by atoms with Crippen LogP contribution < -0.4 is 5.32 Å². The first-order chi connectivity index (χ1) is 14.7. The lowest BCUT2D eigenvalue weighted by Crippen LogP contribution is -2.20. The molecule has 4 heterocycles. The largest absolute Gasteiger partial charge is 0.433 e. The van der Waals surface area contributed by atoms with Crippen LogP contribution in [0.15, 0.2) is 49.2 Å². The van der Waals surface area contributed by atoms with Crippen molar-refractivity contribution in [3.63, 3.8) is 0 Å². The predicted molar refractivity (Wildman–Crippen MR) is 99.1 cm³/mol. The van der Waals surface area contributed by atoms with Gasteiger partial charge in [-0.2, -0.15) is 28.5 Å². The van der Waals surface area contributed by atoms with Crippen molar-refractivity contribution in [1.29, 1.82) is 0 Å². The summed E-state index contributed by atoms with van der Waals surface area (Å²) >= 11 is 6.13. The molecule has 160 valence electrons. The van der Waals surface area contributed by atoms with Crippen LogP contribution in [0.2, 0.25) is 5.02 Å². The van der Waals surface area contributed by atoms with Crippen LogP contribution in [0.25, 0.3) is 11.6 Å². The molecule has 4 rings (SSSR count). The topological polar surface area (TPSA) is 107 Å². The Morgan fingerprint density at radius 1 is 1.03 bits per heavy atom. The third kappa shape index (κ3) is 4.18. The summed E-state index contributed by atoms with van der Waals surface area (Å²) in [5.74, 6) is -0.796. The Labute approximate surface area is 175 Å². The molecule has 0 amide bonds. The molecule has 0 radical (unpaired) electrons. The fourth-order valence-electron chi connectivity index (χ4n) is 2.73. The summed E-state index contributed by atoms with van der Waals surface area (Å²) < 4.78 is 54.7. The van der Waals surface area contributed by atoms with Crippen LogP contribution in [0.4, 0.5) is 23.2 Å². The van der Waals surface area contributed by atoms with E-state index in [1.165, 1.54) is 24.7 Å². The SMILES string of the molecule is OC(Nc1cnc(-n2nccn2)c(Cl)c1)c1cnn(-c2ccc(F)cn2)c1C(F)(F)F. The number of pyridine rings is 2. The van der Waals surface area contributed by atoms with Gasteiger partial charge in [-0.15, -0.1) is 4.80 Å². The second-order valence-electron chi connectivity index (χ2n) is 6.09. The lowest BCUT2D eigenvalue weighted by Gasteiger charge is -2.17. The van der Waals surface area contributed by atoms with E-state index in [4.69, 9.17) is 11.6 Å². The van der Waals surface area contributed by atoms with Crippen LogP contribution in [0, 0.1) is 5.82 Å². The highest BCUT2D eigenvalue weighted by Crippen LogP contribution is 2.36. The molecule has 0 saturated carbocycles. The van der Waals surface area contributed by atoms with Gasteiger partial charge in [-0.25, -0.2) is 19.0 Å². The Morgan fingerprint density at radius 2 is 1.77 bits per heavy atom. The number of aliphatic hydroxyl groups excluding tert-OH is 1. The number of nitrogens with one attached hydrogen (secondary N) is 1. The summed E-state index contributed by atoms with van der Waals surface area (Å²) in [6, 6.07) is 3.32. The zero-order valence-electron chi connectivity index (χ0n) is 15.2. The fourth-order valence-corrected chi connectivity index (χ4v) is 2.97. The van der Waals surface area contributed by atoms with E-state index in [1.54, 1.807) is 0 Å². The molecular weight excluding hydrogens is 444 g/mol. The fraction of sp³-hybridized carbons (Fsp3) is 0.118. The highest BCUT2D eigenvalue weighted by Gasteiger charge is 2.40. The highest BCUT2D eigenvalue weighted by molar-refractivity contribution is 6.32. The van der Waals surface area contributed by atoms with Crippen molar-refractivity contribution in [1.82, 2.24) is 34.7 Å². The summed E-state index contributed by atoms with van der Waals surface area (Å²) in [6.45, 7) is 0. The quantitative estimate of drug-likeness (QED) is 0.352. The van der Waals surface area contributed by atoms with Crippen LogP contribution >= 0.6 is 11.6 Å². The Hall–Kier alpha value is -3.58. The van der Waals surface area contributed by atoms with Gasteiger partial charge in [0.15, 0.2) is 23.6 Å². The molecule has 1 atom stereocenters. The number of aliphatic hydroxyl groups is 1. The first-order valence-corrected chi connectivity index (χ1v) is 8.85. The first-order valence-electron chi connectivity index (χ1n) is 8.48. The number of nitrogens with zero attached hydrogens (tertiary/aromatic N) is 7. The van der Waals surface area contributed by atoms with Crippen LogP contribution in [-0.2, 0) is 6.18 Å². The zero-order chi connectivity index (χ0) is 22.2. The standard InChI is InChI=1S/C17H11ClF4N8O/c18-12-5-10(7-24-15(12)30-25-3-4-26-30)28-16(31)11-8-27-29(14(11)17(20,21)22)13-2-1-9(19)6-23-13/h1-8,16,28,31H. The van der Waals surface area contributed by atoms with Crippen molar-refractivity contribution in [3.8, 4) is 11.6 Å². The Balaban J connectivity index is 1.65. The molecule has 4 aromatic rings. The maximum Gasteiger partial charge on any atom is 0.433 e. The van der Waals surface area contributed by atoms with Crippen molar-refractivity contribution in [3.05, 3.63) is 71.3 Å². The van der Waals surface area contributed by atoms with Gasteiger partial charge in [0.1, 0.15) is 5.82 Å². The summed E-state index contributed by atoms with van der Waals surface area (Å²) in [5, 5.41) is 24.4. The van der Waals surface area contributed by atoms with E-state index in [0.29, 0.717) is 4.68 Å². The molecule has 9 nitrogen and oxygen atoms in total. The predicted octanol–water partition coefficient (Wildman–Crippen LogP) is 3.16. The number of hydrogen-bond acceptors (Lipinski definition) is 7. The van der Waals surface area contributed by atoms with Gasteiger partial charge in [-0.3, -0.25) is 0 Å². The Morgan fingerprint density at radius 3 is 2.39 bits per heavy atom. The lowest BCUT2D eigenvalue weighted by molar-refractivity contribution is -0.144. The van der Waals surface area contributed by atoms with Crippen molar-refractivity contribution in [2.75, 3.05) is 5.32 Å². The van der Waals surface area contributed by atoms with Gasteiger partial charge < -0.3 is 10.4 Å². The molecule has 1 unspecified atom stereocenters.